The second-order valence-corrected chi connectivity index (χ2v) is 8.20. The lowest BCUT2D eigenvalue weighted by Gasteiger charge is -2.02. The van der Waals surface area contributed by atoms with E-state index in [1.54, 1.807) is 12.1 Å². The van der Waals surface area contributed by atoms with E-state index >= 15 is 0 Å². The number of carbonyl (C=O) groups is 1. The van der Waals surface area contributed by atoms with E-state index in [0.717, 1.165) is 33.4 Å². The standard InChI is InChI=1S/C18H16N4O3S2/c1-3-6-26-18-21-20-17(27-18)19-16(23)13-9-15(25-22-13)11-4-5-14-12(8-11)7-10(2)24-14/h3-5,8-10H,1,6-7H2,2H3,(H,19,20,23). The van der Waals surface area contributed by atoms with Crippen LogP contribution in [0.4, 0.5) is 5.13 Å². The van der Waals surface area contributed by atoms with Crippen molar-refractivity contribution >= 4 is 34.1 Å². The van der Waals surface area contributed by atoms with E-state index in [0.29, 0.717) is 10.9 Å². The van der Waals surface area contributed by atoms with Crippen molar-refractivity contribution < 1.29 is 14.1 Å². The molecule has 2 aromatic heterocycles. The van der Waals surface area contributed by atoms with Gasteiger partial charge < -0.3 is 9.26 Å². The zero-order valence-electron chi connectivity index (χ0n) is 14.5. The number of benzene rings is 1. The molecule has 3 heterocycles. The van der Waals surface area contributed by atoms with Gasteiger partial charge >= 0.3 is 0 Å². The van der Waals surface area contributed by atoms with Crippen molar-refractivity contribution in [3.63, 3.8) is 0 Å². The normalized spacial score (nSPS) is 15.2. The molecule has 0 bridgehead atoms. The Morgan fingerprint density at radius 2 is 2.33 bits per heavy atom. The van der Waals surface area contributed by atoms with Crippen molar-refractivity contribution in [3.8, 4) is 17.1 Å². The van der Waals surface area contributed by atoms with Crippen LogP contribution in [0.1, 0.15) is 23.0 Å². The maximum Gasteiger partial charge on any atom is 0.279 e. The van der Waals surface area contributed by atoms with E-state index in [9.17, 15) is 4.79 Å². The Morgan fingerprint density at radius 3 is 3.19 bits per heavy atom. The number of hydrogen-bond donors (Lipinski definition) is 1. The molecule has 0 spiro atoms. The number of nitrogens with zero attached hydrogens (tertiary/aromatic N) is 3. The smallest absolute Gasteiger partial charge is 0.279 e. The molecule has 27 heavy (non-hydrogen) atoms. The second-order valence-electron chi connectivity index (χ2n) is 5.96. The second kappa shape index (κ2) is 7.53. The van der Waals surface area contributed by atoms with Gasteiger partial charge in [-0.15, -0.1) is 16.8 Å². The Hall–Kier alpha value is -2.65. The van der Waals surface area contributed by atoms with Gasteiger partial charge in [-0.1, -0.05) is 34.3 Å². The van der Waals surface area contributed by atoms with Crippen LogP contribution in [0.25, 0.3) is 11.3 Å². The highest BCUT2D eigenvalue weighted by molar-refractivity contribution is 8.01. The first-order valence-electron chi connectivity index (χ1n) is 8.27. The number of anilines is 1. The highest BCUT2D eigenvalue weighted by atomic mass is 32.2. The molecule has 7 nitrogen and oxygen atoms in total. The van der Waals surface area contributed by atoms with Gasteiger partial charge in [-0.3, -0.25) is 10.1 Å². The first-order chi connectivity index (χ1) is 13.1. The lowest BCUT2D eigenvalue weighted by molar-refractivity contribution is 0.101. The molecule has 0 saturated carbocycles. The minimum absolute atomic E-state index is 0.174. The monoisotopic (exact) mass is 400 g/mol. The molecule has 9 heteroatoms. The van der Waals surface area contributed by atoms with Crippen LogP contribution in [-0.4, -0.2) is 33.1 Å². The number of fused-ring (bicyclic) bond motifs is 1. The zero-order chi connectivity index (χ0) is 18.8. The Labute approximate surface area is 163 Å². The van der Waals surface area contributed by atoms with Crippen molar-refractivity contribution in [2.75, 3.05) is 11.1 Å². The topological polar surface area (TPSA) is 90.1 Å². The molecule has 138 valence electrons. The maximum absolute atomic E-state index is 12.4. The van der Waals surface area contributed by atoms with E-state index in [2.05, 4.69) is 27.2 Å². The predicted octanol–water partition coefficient (Wildman–Crippen LogP) is 4.05. The number of amides is 1. The first kappa shape index (κ1) is 17.7. The summed E-state index contributed by atoms with van der Waals surface area (Å²) >= 11 is 2.81. The van der Waals surface area contributed by atoms with Crippen LogP contribution in [0.15, 0.2) is 45.8 Å². The van der Waals surface area contributed by atoms with Gasteiger partial charge in [-0.05, 0) is 30.7 Å². The molecule has 1 unspecified atom stereocenters. The molecule has 0 saturated heterocycles. The van der Waals surface area contributed by atoms with E-state index in [-0.39, 0.29) is 17.7 Å². The number of hydrogen-bond acceptors (Lipinski definition) is 8. The van der Waals surface area contributed by atoms with E-state index in [1.165, 1.54) is 23.1 Å². The summed E-state index contributed by atoms with van der Waals surface area (Å²) in [6.07, 6.45) is 2.81. The van der Waals surface area contributed by atoms with Gasteiger partial charge in [-0.2, -0.15) is 0 Å². The molecule has 1 amide bonds. The van der Waals surface area contributed by atoms with E-state index < -0.39 is 0 Å². The maximum atomic E-state index is 12.4. The van der Waals surface area contributed by atoms with Gasteiger partial charge in [0, 0.05) is 23.8 Å². The molecule has 3 aromatic rings. The van der Waals surface area contributed by atoms with Crippen LogP contribution in [-0.2, 0) is 6.42 Å². The highest BCUT2D eigenvalue weighted by Gasteiger charge is 2.21. The molecular weight excluding hydrogens is 384 g/mol. The number of ether oxygens (including phenoxy) is 1. The predicted molar refractivity (Wildman–Crippen MR) is 105 cm³/mol. The molecule has 0 fully saturated rings. The lowest BCUT2D eigenvalue weighted by Crippen LogP contribution is -2.11. The summed E-state index contributed by atoms with van der Waals surface area (Å²) in [7, 11) is 0. The van der Waals surface area contributed by atoms with Gasteiger partial charge in [-0.25, -0.2) is 0 Å². The van der Waals surface area contributed by atoms with Crippen molar-refractivity contribution in [2.45, 2.75) is 23.8 Å². The summed E-state index contributed by atoms with van der Waals surface area (Å²) in [6, 6.07) is 7.44. The number of carbonyl (C=O) groups excluding carboxylic acids is 1. The van der Waals surface area contributed by atoms with Gasteiger partial charge in [0.05, 0.1) is 0 Å². The van der Waals surface area contributed by atoms with Gasteiger partial charge in [0.25, 0.3) is 5.91 Å². The molecule has 1 N–H and O–H groups in total. The Kier molecular flexibility index (Phi) is 4.95. The van der Waals surface area contributed by atoms with Crippen molar-refractivity contribution in [1.82, 2.24) is 15.4 Å². The Balaban J connectivity index is 1.46. The van der Waals surface area contributed by atoms with Crippen LogP contribution < -0.4 is 10.1 Å². The SMILES string of the molecule is C=CCSc1nnc(NC(=O)c2cc(-c3ccc4c(c3)CC(C)O4)on2)s1. The summed E-state index contributed by atoms with van der Waals surface area (Å²) in [6.45, 7) is 5.69. The van der Waals surface area contributed by atoms with E-state index in [1.807, 2.05) is 25.1 Å². The summed E-state index contributed by atoms with van der Waals surface area (Å²) < 4.78 is 11.8. The van der Waals surface area contributed by atoms with Crippen molar-refractivity contribution in [3.05, 3.63) is 48.2 Å². The molecular formula is C18H16N4O3S2. The Bertz CT molecular complexity index is 998. The van der Waals surface area contributed by atoms with Crippen LogP contribution in [0.3, 0.4) is 0 Å². The molecule has 1 aromatic carbocycles. The molecule has 0 radical (unpaired) electrons. The molecule has 1 aliphatic rings. The number of rotatable bonds is 6. The van der Waals surface area contributed by atoms with Crippen molar-refractivity contribution in [1.29, 1.82) is 0 Å². The summed E-state index contributed by atoms with van der Waals surface area (Å²) in [4.78, 5) is 12.4. The van der Waals surface area contributed by atoms with Crippen LogP contribution in [0.2, 0.25) is 0 Å². The highest BCUT2D eigenvalue weighted by Crippen LogP contribution is 2.33. The molecule has 1 atom stereocenters. The third kappa shape index (κ3) is 3.88. The molecule has 4 rings (SSSR count). The molecule has 0 aliphatic carbocycles. The number of aromatic nitrogens is 3. The average molecular weight is 400 g/mol. The quantitative estimate of drug-likeness (QED) is 0.379. The fourth-order valence-corrected chi connectivity index (χ4v) is 4.21. The third-order valence-electron chi connectivity index (χ3n) is 3.87. The van der Waals surface area contributed by atoms with Crippen LogP contribution in [0.5, 0.6) is 5.75 Å². The largest absolute Gasteiger partial charge is 0.490 e. The lowest BCUT2D eigenvalue weighted by atomic mass is 10.1. The number of nitrogens with one attached hydrogen (secondary N) is 1. The zero-order valence-corrected chi connectivity index (χ0v) is 16.1. The van der Waals surface area contributed by atoms with Crippen LogP contribution in [0, 0.1) is 0 Å². The summed E-state index contributed by atoms with van der Waals surface area (Å²) in [5.41, 5.74) is 2.17. The average Bonchev–Trinajstić information content (AvgIpc) is 3.38. The summed E-state index contributed by atoms with van der Waals surface area (Å²) in [5, 5.41) is 14.9. The Morgan fingerprint density at radius 1 is 1.44 bits per heavy atom. The fraction of sp³-hybridized carbons (Fsp3) is 0.222. The third-order valence-corrected chi connectivity index (χ3v) is 5.84. The van der Waals surface area contributed by atoms with Gasteiger partial charge in [0.15, 0.2) is 15.8 Å². The fourth-order valence-electron chi connectivity index (χ4n) is 2.70. The van der Waals surface area contributed by atoms with Crippen LogP contribution >= 0.6 is 23.1 Å². The van der Waals surface area contributed by atoms with Crippen molar-refractivity contribution in [2.24, 2.45) is 0 Å². The number of thioether (sulfide) groups is 1. The molecule has 1 aliphatic heterocycles. The van der Waals surface area contributed by atoms with Gasteiger partial charge in [0.1, 0.15) is 11.9 Å². The summed E-state index contributed by atoms with van der Waals surface area (Å²) in [5.74, 6) is 1.77. The first-order valence-corrected chi connectivity index (χ1v) is 10.1. The minimum atomic E-state index is -0.389. The van der Waals surface area contributed by atoms with E-state index in [4.69, 9.17) is 9.26 Å². The minimum Gasteiger partial charge on any atom is -0.490 e. The van der Waals surface area contributed by atoms with Gasteiger partial charge in [0.2, 0.25) is 5.13 Å².